The first-order valence-electron chi connectivity index (χ1n) is 6.77. The first kappa shape index (κ1) is 17.9. The lowest BCUT2D eigenvalue weighted by Crippen LogP contribution is -2.38. The monoisotopic (exact) mass is 278 g/mol. The summed E-state index contributed by atoms with van der Waals surface area (Å²) in [5.74, 6) is 0.642. The van der Waals surface area contributed by atoms with E-state index in [0.717, 1.165) is 6.54 Å². The molecule has 2 N–H and O–H groups in total. The first-order valence-corrected chi connectivity index (χ1v) is 8.43. The zero-order valence-corrected chi connectivity index (χ0v) is 13.5. The second-order valence-corrected chi connectivity index (χ2v) is 8.17. The average Bonchev–Trinajstić information content (AvgIpc) is 2.22. The van der Waals surface area contributed by atoms with Crippen molar-refractivity contribution in [3.05, 3.63) is 0 Å². The van der Waals surface area contributed by atoms with E-state index in [4.69, 9.17) is 0 Å². The predicted molar refractivity (Wildman–Crippen MR) is 78.2 cm³/mol. The van der Waals surface area contributed by atoms with E-state index in [1.165, 1.54) is 0 Å². The fourth-order valence-electron chi connectivity index (χ4n) is 1.23. The Kier molecular flexibility index (Phi) is 7.40. The van der Waals surface area contributed by atoms with Crippen molar-refractivity contribution in [2.45, 2.75) is 54.0 Å². The van der Waals surface area contributed by atoms with Gasteiger partial charge in [0.15, 0.2) is 0 Å². The molecule has 0 atom stereocenters. The quantitative estimate of drug-likeness (QED) is 0.634. The van der Waals surface area contributed by atoms with Gasteiger partial charge in [-0.15, -0.1) is 0 Å². The summed E-state index contributed by atoms with van der Waals surface area (Å²) in [6.07, 6.45) is 0.648. The predicted octanol–water partition coefficient (Wildman–Crippen LogP) is 1.98. The van der Waals surface area contributed by atoms with Crippen LogP contribution in [-0.2, 0) is 10.0 Å². The fraction of sp³-hybridized carbons (Fsp3) is 1.00. The molecule has 0 spiro atoms. The highest BCUT2D eigenvalue weighted by atomic mass is 32.2. The molecule has 5 heteroatoms. The number of hydrogen-bond donors (Lipinski definition) is 2. The highest BCUT2D eigenvalue weighted by Gasteiger charge is 2.24. The molecule has 0 amide bonds. The molecule has 4 nitrogen and oxygen atoms in total. The van der Waals surface area contributed by atoms with E-state index in [-0.39, 0.29) is 11.2 Å². The smallest absolute Gasteiger partial charge is 0.211 e. The molecule has 0 bridgehead atoms. The van der Waals surface area contributed by atoms with E-state index >= 15 is 0 Å². The van der Waals surface area contributed by atoms with Crippen molar-refractivity contribution in [2.75, 3.05) is 18.8 Å². The molecule has 0 aromatic heterocycles. The van der Waals surface area contributed by atoms with E-state index in [2.05, 4.69) is 51.6 Å². The fourth-order valence-corrected chi connectivity index (χ4v) is 2.49. The summed E-state index contributed by atoms with van der Waals surface area (Å²) in [5.41, 5.74) is -0.0107. The van der Waals surface area contributed by atoms with E-state index in [1.54, 1.807) is 0 Å². The number of rotatable bonds is 9. The van der Waals surface area contributed by atoms with Gasteiger partial charge in [0, 0.05) is 12.6 Å². The Morgan fingerprint density at radius 1 is 1.11 bits per heavy atom. The van der Waals surface area contributed by atoms with Crippen LogP contribution in [0.2, 0.25) is 0 Å². The van der Waals surface area contributed by atoms with Gasteiger partial charge in [0.25, 0.3) is 0 Å². The van der Waals surface area contributed by atoms with Crippen LogP contribution in [-0.4, -0.2) is 33.3 Å². The molecular weight excluding hydrogens is 248 g/mol. The molecule has 0 rings (SSSR count). The van der Waals surface area contributed by atoms with Crippen molar-refractivity contribution < 1.29 is 8.42 Å². The lowest BCUT2D eigenvalue weighted by molar-refractivity contribution is 0.252. The summed E-state index contributed by atoms with van der Waals surface area (Å²) in [6, 6.07) is 0.403. The standard InChI is InChI=1S/C13H30N2O2S/c1-11(2)13(5,6)10-15-18(16,17)9-7-8-14-12(3)4/h11-12,14-15H,7-10H2,1-6H3. The van der Waals surface area contributed by atoms with Crippen molar-refractivity contribution in [3.8, 4) is 0 Å². The largest absolute Gasteiger partial charge is 0.314 e. The van der Waals surface area contributed by atoms with Gasteiger partial charge in [0.1, 0.15) is 0 Å². The van der Waals surface area contributed by atoms with E-state index in [9.17, 15) is 8.42 Å². The van der Waals surface area contributed by atoms with E-state index in [0.29, 0.717) is 24.9 Å². The molecule has 0 aliphatic carbocycles. The molecule has 0 aliphatic rings. The van der Waals surface area contributed by atoms with Crippen molar-refractivity contribution in [2.24, 2.45) is 11.3 Å². The Labute approximate surface area is 113 Å². The van der Waals surface area contributed by atoms with Gasteiger partial charge in [0.05, 0.1) is 5.75 Å². The van der Waals surface area contributed by atoms with Crippen LogP contribution in [0, 0.1) is 11.3 Å². The summed E-state index contributed by atoms with van der Waals surface area (Å²) < 4.78 is 26.3. The Morgan fingerprint density at radius 2 is 1.67 bits per heavy atom. The molecule has 0 heterocycles. The highest BCUT2D eigenvalue weighted by molar-refractivity contribution is 7.89. The summed E-state index contributed by atoms with van der Waals surface area (Å²) in [4.78, 5) is 0. The molecule has 0 radical (unpaired) electrons. The zero-order valence-electron chi connectivity index (χ0n) is 12.7. The van der Waals surface area contributed by atoms with Crippen LogP contribution in [0.3, 0.4) is 0 Å². The second kappa shape index (κ2) is 7.46. The van der Waals surface area contributed by atoms with Crippen LogP contribution >= 0.6 is 0 Å². The molecule has 0 saturated heterocycles. The van der Waals surface area contributed by atoms with Crippen LogP contribution in [0.5, 0.6) is 0 Å². The molecule has 18 heavy (non-hydrogen) atoms. The van der Waals surface area contributed by atoms with Gasteiger partial charge in [-0.25, -0.2) is 13.1 Å². The topological polar surface area (TPSA) is 58.2 Å². The number of sulfonamides is 1. The van der Waals surface area contributed by atoms with Gasteiger partial charge in [-0.2, -0.15) is 0 Å². The van der Waals surface area contributed by atoms with Gasteiger partial charge >= 0.3 is 0 Å². The third kappa shape index (κ3) is 8.06. The average molecular weight is 278 g/mol. The van der Waals surface area contributed by atoms with Crippen molar-refractivity contribution >= 4 is 10.0 Å². The van der Waals surface area contributed by atoms with Gasteiger partial charge in [-0.05, 0) is 24.3 Å². The lowest BCUT2D eigenvalue weighted by Gasteiger charge is -2.29. The number of nitrogens with one attached hydrogen (secondary N) is 2. The minimum absolute atomic E-state index is 0.0107. The Morgan fingerprint density at radius 3 is 2.11 bits per heavy atom. The summed E-state index contributed by atoms with van der Waals surface area (Å²) >= 11 is 0. The Bertz CT molecular complexity index is 322. The van der Waals surface area contributed by atoms with Crippen LogP contribution in [0.1, 0.15) is 48.0 Å². The second-order valence-electron chi connectivity index (χ2n) is 6.25. The molecule has 110 valence electrons. The van der Waals surface area contributed by atoms with Crippen LogP contribution in [0.25, 0.3) is 0 Å². The van der Waals surface area contributed by atoms with E-state index < -0.39 is 10.0 Å². The zero-order chi connectivity index (χ0) is 14.4. The maximum absolute atomic E-state index is 11.8. The third-order valence-electron chi connectivity index (χ3n) is 3.45. The normalized spacial score (nSPS) is 13.6. The molecule has 0 aromatic carbocycles. The highest BCUT2D eigenvalue weighted by Crippen LogP contribution is 2.24. The van der Waals surface area contributed by atoms with Crippen LogP contribution in [0.15, 0.2) is 0 Å². The Hall–Kier alpha value is -0.130. The number of hydrogen-bond acceptors (Lipinski definition) is 3. The SMILES string of the molecule is CC(C)NCCCS(=O)(=O)NCC(C)(C)C(C)C. The molecule has 0 unspecified atom stereocenters. The van der Waals surface area contributed by atoms with Crippen molar-refractivity contribution in [1.82, 2.24) is 10.0 Å². The van der Waals surface area contributed by atoms with Crippen LogP contribution in [0.4, 0.5) is 0 Å². The molecular formula is C13H30N2O2S. The maximum Gasteiger partial charge on any atom is 0.211 e. The van der Waals surface area contributed by atoms with Crippen molar-refractivity contribution in [3.63, 3.8) is 0 Å². The minimum Gasteiger partial charge on any atom is -0.314 e. The molecule has 0 fully saturated rings. The Balaban J connectivity index is 4.02. The van der Waals surface area contributed by atoms with Gasteiger partial charge in [-0.3, -0.25) is 0 Å². The van der Waals surface area contributed by atoms with Crippen molar-refractivity contribution in [1.29, 1.82) is 0 Å². The van der Waals surface area contributed by atoms with E-state index in [1.807, 2.05) is 0 Å². The minimum atomic E-state index is -3.14. The van der Waals surface area contributed by atoms with Gasteiger partial charge in [0.2, 0.25) is 10.0 Å². The summed E-state index contributed by atoms with van der Waals surface area (Å²) in [7, 11) is -3.14. The van der Waals surface area contributed by atoms with Gasteiger partial charge < -0.3 is 5.32 Å². The summed E-state index contributed by atoms with van der Waals surface area (Å²) in [6.45, 7) is 13.7. The van der Waals surface area contributed by atoms with Crippen LogP contribution < -0.4 is 10.0 Å². The maximum atomic E-state index is 11.8. The molecule has 0 aromatic rings. The van der Waals surface area contributed by atoms with Gasteiger partial charge in [-0.1, -0.05) is 41.5 Å². The molecule has 0 aliphatic heterocycles. The summed E-state index contributed by atoms with van der Waals surface area (Å²) in [5, 5.41) is 3.22. The third-order valence-corrected chi connectivity index (χ3v) is 4.86. The first-order chi connectivity index (χ1) is 8.07. The molecule has 0 saturated carbocycles. The lowest BCUT2D eigenvalue weighted by atomic mass is 9.81.